The van der Waals surface area contributed by atoms with Gasteiger partial charge < -0.3 is 9.80 Å². The SMILES string of the molecule is CC1CN(C(=O)c2ccccc2-c2ccccc2)CCN1c1ccccc1. The molecule has 4 rings (SSSR count). The second-order valence-corrected chi connectivity index (χ2v) is 7.04. The van der Waals surface area contributed by atoms with E-state index in [-0.39, 0.29) is 11.9 Å². The van der Waals surface area contributed by atoms with E-state index in [0.29, 0.717) is 0 Å². The Morgan fingerprint density at radius 2 is 1.44 bits per heavy atom. The van der Waals surface area contributed by atoms with Gasteiger partial charge >= 0.3 is 0 Å². The van der Waals surface area contributed by atoms with Crippen LogP contribution in [0.4, 0.5) is 5.69 Å². The number of amides is 1. The first-order valence-electron chi connectivity index (χ1n) is 9.49. The van der Waals surface area contributed by atoms with E-state index in [1.807, 2.05) is 53.4 Å². The molecule has 136 valence electrons. The number of hydrogen-bond acceptors (Lipinski definition) is 2. The zero-order valence-electron chi connectivity index (χ0n) is 15.6. The number of carbonyl (C=O) groups excluding carboxylic acids is 1. The Labute approximate surface area is 160 Å². The van der Waals surface area contributed by atoms with Crippen molar-refractivity contribution in [3.8, 4) is 11.1 Å². The van der Waals surface area contributed by atoms with Crippen molar-refractivity contribution in [1.29, 1.82) is 0 Å². The van der Waals surface area contributed by atoms with Crippen LogP contribution in [-0.4, -0.2) is 36.5 Å². The average Bonchev–Trinajstić information content (AvgIpc) is 2.74. The molecule has 0 saturated carbocycles. The van der Waals surface area contributed by atoms with Gasteiger partial charge in [-0.05, 0) is 36.2 Å². The highest BCUT2D eigenvalue weighted by atomic mass is 16.2. The molecule has 0 aromatic heterocycles. The minimum atomic E-state index is 0.119. The summed E-state index contributed by atoms with van der Waals surface area (Å²) in [5.41, 5.74) is 4.09. The lowest BCUT2D eigenvalue weighted by atomic mass is 9.98. The third kappa shape index (κ3) is 3.59. The lowest BCUT2D eigenvalue weighted by Gasteiger charge is -2.41. The van der Waals surface area contributed by atoms with Gasteiger partial charge in [-0.3, -0.25) is 4.79 Å². The van der Waals surface area contributed by atoms with Crippen LogP contribution in [-0.2, 0) is 0 Å². The summed E-state index contributed by atoms with van der Waals surface area (Å²) < 4.78 is 0. The largest absolute Gasteiger partial charge is 0.365 e. The van der Waals surface area contributed by atoms with Gasteiger partial charge in [0.2, 0.25) is 0 Å². The molecular weight excluding hydrogens is 332 g/mol. The lowest BCUT2D eigenvalue weighted by molar-refractivity contribution is 0.0727. The molecule has 1 unspecified atom stereocenters. The van der Waals surface area contributed by atoms with E-state index in [9.17, 15) is 4.79 Å². The molecule has 3 nitrogen and oxygen atoms in total. The van der Waals surface area contributed by atoms with E-state index in [2.05, 4.69) is 48.2 Å². The first-order chi connectivity index (χ1) is 13.2. The summed E-state index contributed by atoms with van der Waals surface area (Å²) in [5.74, 6) is 0.119. The Hall–Kier alpha value is -3.07. The van der Waals surface area contributed by atoms with Crippen LogP contribution >= 0.6 is 0 Å². The van der Waals surface area contributed by atoms with Gasteiger partial charge in [0.25, 0.3) is 5.91 Å². The predicted molar refractivity (Wildman–Crippen MR) is 111 cm³/mol. The quantitative estimate of drug-likeness (QED) is 0.679. The molecule has 0 aliphatic carbocycles. The number of rotatable bonds is 3. The number of piperazine rings is 1. The average molecular weight is 356 g/mol. The number of benzene rings is 3. The van der Waals surface area contributed by atoms with Gasteiger partial charge in [0.05, 0.1) is 0 Å². The fourth-order valence-electron chi connectivity index (χ4n) is 3.85. The number of carbonyl (C=O) groups is 1. The van der Waals surface area contributed by atoms with Gasteiger partial charge in [-0.25, -0.2) is 0 Å². The number of anilines is 1. The van der Waals surface area contributed by atoms with Gasteiger partial charge in [-0.2, -0.15) is 0 Å². The summed E-state index contributed by atoms with van der Waals surface area (Å²) in [7, 11) is 0. The molecule has 1 aliphatic rings. The van der Waals surface area contributed by atoms with Crippen molar-refractivity contribution in [2.75, 3.05) is 24.5 Å². The molecule has 0 N–H and O–H groups in total. The molecule has 3 aromatic rings. The van der Waals surface area contributed by atoms with Crippen LogP contribution in [0.25, 0.3) is 11.1 Å². The third-order valence-electron chi connectivity index (χ3n) is 5.24. The summed E-state index contributed by atoms with van der Waals surface area (Å²) in [6.07, 6.45) is 0. The summed E-state index contributed by atoms with van der Waals surface area (Å²) in [4.78, 5) is 17.7. The van der Waals surface area contributed by atoms with E-state index >= 15 is 0 Å². The van der Waals surface area contributed by atoms with Gasteiger partial charge in [0.15, 0.2) is 0 Å². The van der Waals surface area contributed by atoms with Crippen LogP contribution in [0, 0.1) is 0 Å². The smallest absolute Gasteiger partial charge is 0.254 e. The standard InChI is InChI=1S/C24H24N2O/c1-19-18-25(16-17-26(19)21-12-6-3-7-13-21)24(27)23-15-9-8-14-22(23)20-10-4-2-5-11-20/h2-15,19H,16-18H2,1H3. The van der Waals surface area contributed by atoms with Crippen molar-refractivity contribution < 1.29 is 4.79 Å². The summed E-state index contributed by atoms with van der Waals surface area (Å²) in [6.45, 7) is 4.51. The minimum Gasteiger partial charge on any atom is -0.365 e. The summed E-state index contributed by atoms with van der Waals surface area (Å²) in [6, 6.07) is 28.8. The molecule has 1 amide bonds. The maximum absolute atomic E-state index is 13.3. The molecule has 3 aromatic carbocycles. The first-order valence-corrected chi connectivity index (χ1v) is 9.49. The maximum atomic E-state index is 13.3. The Bertz CT molecular complexity index is 908. The fourth-order valence-corrected chi connectivity index (χ4v) is 3.85. The van der Waals surface area contributed by atoms with Crippen LogP contribution in [0.15, 0.2) is 84.9 Å². The normalized spacial score (nSPS) is 17.0. The Balaban J connectivity index is 1.55. The molecule has 1 aliphatic heterocycles. The number of nitrogens with zero attached hydrogens (tertiary/aromatic N) is 2. The molecule has 1 atom stereocenters. The highest BCUT2D eigenvalue weighted by molar-refractivity contribution is 6.01. The van der Waals surface area contributed by atoms with Gasteiger partial charge in [0, 0.05) is 36.9 Å². The fraction of sp³-hybridized carbons (Fsp3) is 0.208. The number of para-hydroxylation sites is 1. The van der Waals surface area contributed by atoms with Crippen LogP contribution in [0.2, 0.25) is 0 Å². The van der Waals surface area contributed by atoms with E-state index in [1.54, 1.807) is 0 Å². The van der Waals surface area contributed by atoms with Crippen LogP contribution in [0.5, 0.6) is 0 Å². The van der Waals surface area contributed by atoms with E-state index in [4.69, 9.17) is 0 Å². The Morgan fingerprint density at radius 3 is 2.15 bits per heavy atom. The second kappa shape index (κ2) is 7.67. The molecule has 1 heterocycles. The Morgan fingerprint density at radius 1 is 0.815 bits per heavy atom. The first kappa shape index (κ1) is 17.3. The van der Waals surface area contributed by atoms with Crippen LogP contribution < -0.4 is 4.90 Å². The lowest BCUT2D eigenvalue weighted by Crippen LogP contribution is -2.53. The molecule has 1 saturated heterocycles. The topological polar surface area (TPSA) is 23.6 Å². The van der Waals surface area contributed by atoms with E-state index < -0.39 is 0 Å². The summed E-state index contributed by atoms with van der Waals surface area (Å²) >= 11 is 0. The highest BCUT2D eigenvalue weighted by Crippen LogP contribution is 2.26. The zero-order chi connectivity index (χ0) is 18.6. The molecular formula is C24H24N2O. The van der Waals surface area contributed by atoms with Crippen molar-refractivity contribution in [2.45, 2.75) is 13.0 Å². The molecule has 27 heavy (non-hydrogen) atoms. The van der Waals surface area contributed by atoms with Crippen molar-refractivity contribution >= 4 is 11.6 Å². The molecule has 3 heteroatoms. The second-order valence-electron chi connectivity index (χ2n) is 7.04. The van der Waals surface area contributed by atoms with Gasteiger partial charge in [-0.1, -0.05) is 66.7 Å². The van der Waals surface area contributed by atoms with Crippen molar-refractivity contribution in [3.05, 3.63) is 90.5 Å². The van der Waals surface area contributed by atoms with Crippen molar-refractivity contribution in [3.63, 3.8) is 0 Å². The molecule has 0 bridgehead atoms. The monoisotopic (exact) mass is 356 g/mol. The highest BCUT2D eigenvalue weighted by Gasteiger charge is 2.28. The third-order valence-corrected chi connectivity index (χ3v) is 5.24. The van der Waals surface area contributed by atoms with Crippen molar-refractivity contribution in [2.24, 2.45) is 0 Å². The van der Waals surface area contributed by atoms with Gasteiger partial charge in [0.1, 0.15) is 0 Å². The predicted octanol–water partition coefficient (Wildman–Crippen LogP) is 4.70. The van der Waals surface area contributed by atoms with Crippen molar-refractivity contribution in [1.82, 2.24) is 4.90 Å². The molecule has 0 spiro atoms. The summed E-state index contributed by atoms with van der Waals surface area (Å²) in [5, 5.41) is 0. The maximum Gasteiger partial charge on any atom is 0.254 e. The van der Waals surface area contributed by atoms with Gasteiger partial charge in [-0.15, -0.1) is 0 Å². The number of hydrogen-bond donors (Lipinski definition) is 0. The van der Waals surface area contributed by atoms with Crippen LogP contribution in [0.3, 0.4) is 0 Å². The van der Waals surface area contributed by atoms with E-state index in [0.717, 1.165) is 36.3 Å². The van der Waals surface area contributed by atoms with Crippen LogP contribution in [0.1, 0.15) is 17.3 Å². The van der Waals surface area contributed by atoms with E-state index in [1.165, 1.54) is 5.69 Å². The Kier molecular flexibility index (Phi) is 4.93. The zero-order valence-corrected chi connectivity index (χ0v) is 15.6. The molecule has 0 radical (unpaired) electrons. The minimum absolute atomic E-state index is 0.119. The molecule has 1 fully saturated rings.